The fraction of sp³-hybridized carbons (Fsp3) is 0.692. The van der Waals surface area contributed by atoms with Gasteiger partial charge in [0.1, 0.15) is 0 Å². The number of likely N-dealkylation sites (N-methyl/N-ethyl adjacent to an activating group) is 1. The summed E-state index contributed by atoms with van der Waals surface area (Å²) in [5.41, 5.74) is 2.49. The minimum atomic E-state index is 0.937. The standard InChI is InChI=1S/C13H21N5/c1-2-17-5-7-18(8-6-17)13-9-11-10-14-4-3-12(11)15-16-13/h9,14H,2-8,10H2,1H3. The number of rotatable bonds is 2. The molecule has 0 aliphatic carbocycles. The Morgan fingerprint density at radius 3 is 2.83 bits per heavy atom. The predicted molar refractivity (Wildman–Crippen MR) is 71.8 cm³/mol. The summed E-state index contributed by atoms with van der Waals surface area (Å²) in [4.78, 5) is 4.83. The van der Waals surface area contributed by atoms with Gasteiger partial charge in [-0.05, 0) is 18.2 Å². The summed E-state index contributed by atoms with van der Waals surface area (Å²) in [5.74, 6) is 1.05. The fourth-order valence-electron chi connectivity index (χ4n) is 2.69. The molecule has 0 atom stereocenters. The average molecular weight is 247 g/mol. The SMILES string of the molecule is CCN1CCN(c2cc3c(nn2)CCNC3)CC1. The van der Waals surface area contributed by atoms with Crippen molar-refractivity contribution in [3.05, 3.63) is 17.3 Å². The highest BCUT2D eigenvalue weighted by molar-refractivity contribution is 5.42. The number of hydrogen-bond donors (Lipinski definition) is 1. The van der Waals surface area contributed by atoms with E-state index in [9.17, 15) is 0 Å². The fourth-order valence-corrected chi connectivity index (χ4v) is 2.69. The van der Waals surface area contributed by atoms with E-state index in [1.54, 1.807) is 0 Å². The van der Waals surface area contributed by atoms with Gasteiger partial charge in [0, 0.05) is 45.7 Å². The van der Waals surface area contributed by atoms with Crippen LogP contribution in [0, 0.1) is 0 Å². The molecule has 1 fully saturated rings. The maximum Gasteiger partial charge on any atom is 0.151 e. The lowest BCUT2D eigenvalue weighted by Gasteiger charge is -2.34. The topological polar surface area (TPSA) is 44.3 Å². The summed E-state index contributed by atoms with van der Waals surface area (Å²) in [6.45, 7) is 9.72. The monoisotopic (exact) mass is 247 g/mol. The summed E-state index contributed by atoms with van der Waals surface area (Å²) in [6, 6.07) is 2.22. The Morgan fingerprint density at radius 2 is 2.06 bits per heavy atom. The molecule has 0 bridgehead atoms. The molecule has 2 aliphatic heterocycles. The molecule has 0 radical (unpaired) electrons. The smallest absolute Gasteiger partial charge is 0.151 e. The molecule has 18 heavy (non-hydrogen) atoms. The number of hydrogen-bond acceptors (Lipinski definition) is 5. The summed E-state index contributed by atoms with van der Waals surface area (Å²) < 4.78 is 0. The van der Waals surface area contributed by atoms with Gasteiger partial charge in [-0.25, -0.2) is 0 Å². The molecule has 3 heterocycles. The maximum atomic E-state index is 4.40. The van der Waals surface area contributed by atoms with Gasteiger partial charge in [-0.15, -0.1) is 5.10 Å². The van der Waals surface area contributed by atoms with Crippen molar-refractivity contribution >= 4 is 5.82 Å². The minimum absolute atomic E-state index is 0.937. The molecular formula is C13H21N5. The zero-order chi connectivity index (χ0) is 12.4. The lowest BCUT2D eigenvalue weighted by Crippen LogP contribution is -2.46. The van der Waals surface area contributed by atoms with E-state index >= 15 is 0 Å². The van der Waals surface area contributed by atoms with Crippen LogP contribution in [0.15, 0.2) is 6.07 Å². The minimum Gasteiger partial charge on any atom is -0.353 e. The zero-order valence-electron chi connectivity index (χ0n) is 11.0. The van der Waals surface area contributed by atoms with E-state index in [4.69, 9.17) is 0 Å². The van der Waals surface area contributed by atoms with Gasteiger partial charge in [0.2, 0.25) is 0 Å². The van der Waals surface area contributed by atoms with Crippen LogP contribution < -0.4 is 10.2 Å². The Morgan fingerprint density at radius 1 is 1.22 bits per heavy atom. The Kier molecular flexibility index (Phi) is 3.43. The van der Waals surface area contributed by atoms with Crippen molar-refractivity contribution in [3.8, 4) is 0 Å². The summed E-state index contributed by atoms with van der Waals surface area (Å²) >= 11 is 0. The van der Waals surface area contributed by atoms with Crippen molar-refractivity contribution in [2.45, 2.75) is 19.9 Å². The van der Waals surface area contributed by atoms with Crippen LogP contribution in [0.2, 0.25) is 0 Å². The molecule has 0 aromatic carbocycles. The average Bonchev–Trinajstić information content (AvgIpc) is 2.47. The van der Waals surface area contributed by atoms with Crippen LogP contribution in [-0.4, -0.2) is 54.4 Å². The van der Waals surface area contributed by atoms with Gasteiger partial charge >= 0.3 is 0 Å². The molecule has 0 spiro atoms. The Hall–Kier alpha value is -1.20. The lowest BCUT2D eigenvalue weighted by atomic mass is 10.1. The van der Waals surface area contributed by atoms with Crippen LogP contribution >= 0.6 is 0 Å². The molecule has 1 N–H and O–H groups in total. The van der Waals surface area contributed by atoms with Gasteiger partial charge in [0.15, 0.2) is 5.82 Å². The van der Waals surface area contributed by atoms with Crippen LogP contribution in [0.4, 0.5) is 5.82 Å². The molecule has 98 valence electrons. The first-order valence-corrected chi connectivity index (χ1v) is 6.90. The Bertz CT molecular complexity index is 412. The second-order valence-electron chi connectivity index (χ2n) is 5.02. The van der Waals surface area contributed by atoms with Crippen LogP contribution in [0.5, 0.6) is 0 Å². The number of aromatic nitrogens is 2. The third-order valence-electron chi connectivity index (χ3n) is 3.94. The van der Waals surface area contributed by atoms with Gasteiger partial charge in [0.05, 0.1) is 5.69 Å². The molecule has 2 aliphatic rings. The molecule has 5 nitrogen and oxygen atoms in total. The third kappa shape index (κ3) is 2.33. The number of piperazine rings is 1. The van der Waals surface area contributed by atoms with Crippen molar-refractivity contribution in [3.63, 3.8) is 0 Å². The molecular weight excluding hydrogens is 226 g/mol. The number of nitrogens with zero attached hydrogens (tertiary/aromatic N) is 4. The normalized spacial score (nSPS) is 20.8. The quantitative estimate of drug-likeness (QED) is 0.812. The summed E-state index contributed by atoms with van der Waals surface area (Å²) in [6.07, 6.45) is 1.01. The van der Waals surface area contributed by atoms with Gasteiger partial charge in [0.25, 0.3) is 0 Å². The van der Waals surface area contributed by atoms with Gasteiger partial charge in [-0.2, -0.15) is 5.10 Å². The molecule has 1 aromatic rings. The highest BCUT2D eigenvalue weighted by atomic mass is 15.3. The van der Waals surface area contributed by atoms with Gasteiger partial charge < -0.3 is 15.1 Å². The zero-order valence-corrected chi connectivity index (χ0v) is 11.0. The van der Waals surface area contributed by atoms with Crippen LogP contribution in [-0.2, 0) is 13.0 Å². The van der Waals surface area contributed by atoms with Gasteiger partial charge in [-0.3, -0.25) is 0 Å². The second kappa shape index (κ2) is 5.20. The Balaban J connectivity index is 1.73. The van der Waals surface area contributed by atoms with E-state index < -0.39 is 0 Å². The molecule has 1 saturated heterocycles. The van der Waals surface area contributed by atoms with E-state index in [0.29, 0.717) is 0 Å². The molecule has 3 rings (SSSR count). The van der Waals surface area contributed by atoms with E-state index in [0.717, 1.165) is 58.1 Å². The third-order valence-corrected chi connectivity index (χ3v) is 3.94. The molecule has 0 saturated carbocycles. The second-order valence-corrected chi connectivity index (χ2v) is 5.02. The van der Waals surface area contributed by atoms with E-state index in [-0.39, 0.29) is 0 Å². The van der Waals surface area contributed by atoms with Crippen molar-refractivity contribution in [1.82, 2.24) is 20.4 Å². The van der Waals surface area contributed by atoms with Crippen molar-refractivity contribution < 1.29 is 0 Å². The predicted octanol–water partition coefficient (Wildman–Crippen LogP) is 0.264. The first kappa shape index (κ1) is 11.9. The van der Waals surface area contributed by atoms with Crippen molar-refractivity contribution in [2.24, 2.45) is 0 Å². The van der Waals surface area contributed by atoms with E-state index in [2.05, 4.69) is 38.3 Å². The summed E-state index contributed by atoms with van der Waals surface area (Å²) in [7, 11) is 0. The van der Waals surface area contributed by atoms with Gasteiger partial charge in [-0.1, -0.05) is 6.92 Å². The van der Waals surface area contributed by atoms with Crippen LogP contribution in [0.1, 0.15) is 18.2 Å². The number of anilines is 1. The van der Waals surface area contributed by atoms with Crippen molar-refractivity contribution in [2.75, 3.05) is 44.2 Å². The first-order chi connectivity index (χ1) is 8.86. The van der Waals surface area contributed by atoms with Crippen molar-refractivity contribution in [1.29, 1.82) is 0 Å². The molecule has 0 unspecified atom stereocenters. The number of nitrogens with one attached hydrogen (secondary N) is 1. The lowest BCUT2D eigenvalue weighted by molar-refractivity contribution is 0.270. The van der Waals surface area contributed by atoms with E-state index in [1.165, 1.54) is 11.3 Å². The highest BCUT2D eigenvalue weighted by Crippen LogP contribution is 2.18. The van der Waals surface area contributed by atoms with Crippen LogP contribution in [0.25, 0.3) is 0 Å². The van der Waals surface area contributed by atoms with Crippen LogP contribution in [0.3, 0.4) is 0 Å². The molecule has 1 aromatic heterocycles. The number of fused-ring (bicyclic) bond motifs is 1. The Labute approximate surface area is 108 Å². The molecule has 5 heteroatoms. The van der Waals surface area contributed by atoms with E-state index in [1.807, 2.05) is 0 Å². The molecule has 0 amide bonds. The maximum absolute atomic E-state index is 4.40. The summed E-state index contributed by atoms with van der Waals surface area (Å²) in [5, 5.41) is 12.2. The highest BCUT2D eigenvalue weighted by Gasteiger charge is 2.19. The largest absolute Gasteiger partial charge is 0.353 e. The first-order valence-electron chi connectivity index (χ1n) is 6.90.